The average molecular weight is 386 g/mol. The van der Waals surface area contributed by atoms with E-state index in [-0.39, 0.29) is 25.4 Å². The molecule has 0 saturated heterocycles. The standard InChI is InChI=1S/C24H45NO2.Li/c1-5-9-11-13-15-17-19-22(7-3)25(21-24(26)27)23(8-4)20-18-16-14-12-10-6-2;/h5-6,22-23H,1-2,7-21H2,3-4H3,(H,26,27);/q;+1/p-1. The number of hydrogen-bond acceptors (Lipinski definition) is 3. The molecular formula is C24H44LiNO2. The van der Waals surface area contributed by atoms with Crippen LogP contribution in [0.1, 0.15) is 104 Å². The number of carboxylic acid groups (broad SMARTS) is 1. The average Bonchev–Trinajstić information content (AvgIpc) is 2.65. The fraction of sp³-hybridized carbons (Fsp3) is 0.792. The van der Waals surface area contributed by atoms with Crippen molar-refractivity contribution < 1.29 is 28.8 Å². The molecule has 0 aromatic carbocycles. The van der Waals surface area contributed by atoms with Crippen LogP contribution >= 0.6 is 0 Å². The van der Waals surface area contributed by atoms with Gasteiger partial charge >= 0.3 is 18.9 Å². The van der Waals surface area contributed by atoms with E-state index in [1.807, 2.05) is 12.2 Å². The second-order valence-corrected chi connectivity index (χ2v) is 7.73. The molecule has 0 saturated carbocycles. The van der Waals surface area contributed by atoms with Crippen LogP contribution < -0.4 is 24.0 Å². The zero-order chi connectivity index (χ0) is 20.3. The number of carbonyl (C=O) groups is 1. The van der Waals surface area contributed by atoms with Crippen molar-refractivity contribution >= 4 is 5.97 Å². The number of rotatable bonds is 20. The smallest absolute Gasteiger partial charge is 0.549 e. The van der Waals surface area contributed by atoms with Crippen LogP contribution in [0.4, 0.5) is 0 Å². The molecule has 0 radical (unpaired) electrons. The van der Waals surface area contributed by atoms with Gasteiger partial charge in [-0.3, -0.25) is 4.90 Å². The van der Waals surface area contributed by atoms with Gasteiger partial charge in [-0.15, -0.1) is 13.2 Å². The Kier molecular flexibility index (Phi) is 22.5. The number of carboxylic acids is 1. The quantitative estimate of drug-likeness (QED) is 0.184. The molecule has 2 atom stereocenters. The van der Waals surface area contributed by atoms with E-state index in [0.29, 0.717) is 12.1 Å². The van der Waals surface area contributed by atoms with Gasteiger partial charge in [0.15, 0.2) is 0 Å². The van der Waals surface area contributed by atoms with E-state index in [1.165, 1.54) is 51.4 Å². The molecule has 0 aliphatic carbocycles. The molecule has 0 aliphatic rings. The Morgan fingerprint density at radius 1 is 0.821 bits per heavy atom. The molecule has 0 aliphatic heterocycles. The first-order valence-electron chi connectivity index (χ1n) is 11.3. The van der Waals surface area contributed by atoms with Crippen molar-refractivity contribution in [3.63, 3.8) is 0 Å². The minimum atomic E-state index is -0.941. The van der Waals surface area contributed by atoms with Crippen LogP contribution in [0.3, 0.4) is 0 Å². The van der Waals surface area contributed by atoms with Crippen LogP contribution in [0.25, 0.3) is 0 Å². The minimum absolute atomic E-state index is 0. The molecule has 0 spiro atoms. The van der Waals surface area contributed by atoms with Gasteiger partial charge in [-0.1, -0.05) is 64.5 Å². The zero-order valence-corrected chi connectivity index (χ0v) is 19.1. The number of carbonyl (C=O) groups excluding carboxylic acids is 1. The molecule has 0 bridgehead atoms. The Balaban J connectivity index is 0. The molecule has 0 N–H and O–H groups in total. The van der Waals surface area contributed by atoms with E-state index < -0.39 is 5.97 Å². The van der Waals surface area contributed by atoms with Crippen LogP contribution in [0.5, 0.6) is 0 Å². The van der Waals surface area contributed by atoms with E-state index >= 15 is 0 Å². The summed E-state index contributed by atoms with van der Waals surface area (Å²) < 4.78 is 0. The Bertz CT molecular complexity index is 359. The maximum Gasteiger partial charge on any atom is 1.00 e. The van der Waals surface area contributed by atoms with E-state index in [4.69, 9.17) is 0 Å². The first kappa shape index (κ1) is 29.7. The monoisotopic (exact) mass is 385 g/mol. The van der Waals surface area contributed by atoms with Gasteiger partial charge in [-0.2, -0.15) is 0 Å². The van der Waals surface area contributed by atoms with Crippen molar-refractivity contribution in [3.8, 4) is 0 Å². The molecule has 4 heteroatoms. The topological polar surface area (TPSA) is 43.4 Å². The predicted octanol–water partition coefficient (Wildman–Crippen LogP) is 2.65. The van der Waals surface area contributed by atoms with Gasteiger partial charge in [0, 0.05) is 18.6 Å². The zero-order valence-electron chi connectivity index (χ0n) is 19.1. The molecule has 0 aromatic rings. The molecule has 0 fully saturated rings. The Morgan fingerprint density at radius 2 is 1.21 bits per heavy atom. The molecule has 0 rings (SSSR count). The maximum absolute atomic E-state index is 11.4. The molecule has 2 unspecified atom stereocenters. The molecule has 3 nitrogen and oxygen atoms in total. The van der Waals surface area contributed by atoms with Crippen LogP contribution in [0.2, 0.25) is 0 Å². The van der Waals surface area contributed by atoms with Gasteiger partial charge < -0.3 is 9.90 Å². The van der Waals surface area contributed by atoms with Gasteiger partial charge in [-0.05, 0) is 51.4 Å². The molecule has 158 valence electrons. The predicted molar refractivity (Wildman–Crippen MR) is 116 cm³/mol. The van der Waals surface area contributed by atoms with Crippen molar-refractivity contribution in [3.05, 3.63) is 25.3 Å². The van der Waals surface area contributed by atoms with Gasteiger partial charge in [0.2, 0.25) is 0 Å². The molecule has 0 aromatic heterocycles. The largest absolute Gasteiger partial charge is 1.00 e. The van der Waals surface area contributed by atoms with E-state index in [9.17, 15) is 9.90 Å². The Hall–Kier alpha value is -0.493. The summed E-state index contributed by atoms with van der Waals surface area (Å²) in [6, 6.07) is 0.709. The summed E-state index contributed by atoms with van der Waals surface area (Å²) in [5.74, 6) is -0.941. The number of allylic oxidation sites excluding steroid dienone is 2. The minimum Gasteiger partial charge on any atom is -0.549 e. The summed E-state index contributed by atoms with van der Waals surface area (Å²) in [5.41, 5.74) is 0. The normalized spacial score (nSPS) is 13.0. The summed E-state index contributed by atoms with van der Waals surface area (Å²) in [4.78, 5) is 13.6. The third-order valence-electron chi connectivity index (χ3n) is 5.58. The van der Waals surface area contributed by atoms with Crippen LogP contribution in [0, 0.1) is 0 Å². The number of unbranched alkanes of at least 4 members (excludes halogenated alkanes) is 8. The number of hydrogen-bond donors (Lipinski definition) is 0. The fourth-order valence-corrected chi connectivity index (χ4v) is 3.96. The Labute approximate surface area is 187 Å². The van der Waals surface area contributed by atoms with Crippen molar-refractivity contribution in [2.45, 2.75) is 116 Å². The summed E-state index contributed by atoms with van der Waals surface area (Å²) in [6.45, 7) is 12.0. The van der Waals surface area contributed by atoms with Crippen molar-refractivity contribution in [2.75, 3.05) is 6.54 Å². The fourth-order valence-electron chi connectivity index (χ4n) is 3.96. The molecular weight excluding hydrogens is 341 g/mol. The summed E-state index contributed by atoms with van der Waals surface area (Å²) in [6.07, 6.45) is 20.1. The second kappa shape index (κ2) is 21.2. The molecule has 28 heavy (non-hydrogen) atoms. The van der Waals surface area contributed by atoms with E-state index in [2.05, 4.69) is 31.9 Å². The summed E-state index contributed by atoms with van der Waals surface area (Å²) in [7, 11) is 0. The van der Waals surface area contributed by atoms with Crippen molar-refractivity contribution in [2.24, 2.45) is 0 Å². The number of aliphatic carboxylic acids is 1. The summed E-state index contributed by atoms with van der Waals surface area (Å²) in [5, 5.41) is 11.4. The van der Waals surface area contributed by atoms with Gasteiger partial charge in [0.1, 0.15) is 0 Å². The van der Waals surface area contributed by atoms with E-state index in [1.54, 1.807) is 0 Å². The van der Waals surface area contributed by atoms with Gasteiger partial charge in [0.25, 0.3) is 0 Å². The molecule has 0 amide bonds. The summed E-state index contributed by atoms with van der Waals surface area (Å²) >= 11 is 0. The SMILES string of the molecule is C=CCCCCCCC(CC)N(CC(=O)[O-])C(CC)CCCCCCC=C.[Li+]. The number of nitrogens with zero attached hydrogens (tertiary/aromatic N) is 1. The third kappa shape index (κ3) is 15.4. The van der Waals surface area contributed by atoms with Crippen LogP contribution in [-0.4, -0.2) is 29.5 Å². The van der Waals surface area contributed by atoms with E-state index in [0.717, 1.165) is 38.5 Å². The Morgan fingerprint density at radius 3 is 1.54 bits per heavy atom. The van der Waals surface area contributed by atoms with Crippen molar-refractivity contribution in [1.29, 1.82) is 0 Å². The van der Waals surface area contributed by atoms with Gasteiger partial charge in [-0.25, -0.2) is 0 Å². The first-order valence-corrected chi connectivity index (χ1v) is 11.3. The maximum atomic E-state index is 11.4. The molecule has 0 heterocycles. The van der Waals surface area contributed by atoms with Crippen molar-refractivity contribution in [1.82, 2.24) is 4.90 Å². The van der Waals surface area contributed by atoms with Crippen LogP contribution in [-0.2, 0) is 4.79 Å². The first-order chi connectivity index (χ1) is 13.1. The third-order valence-corrected chi connectivity index (χ3v) is 5.58. The van der Waals surface area contributed by atoms with Gasteiger partial charge in [0.05, 0.1) is 5.97 Å². The van der Waals surface area contributed by atoms with Crippen LogP contribution in [0.15, 0.2) is 25.3 Å². The second-order valence-electron chi connectivity index (χ2n) is 7.73.